The van der Waals surface area contributed by atoms with Crippen LogP contribution < -0.4 is 5.32 Å². The smallest absolute Gasteiger partial charge is 0.0940 e. The molecule has 1 aromatic carbocycles. The zero-order chi connectivity index (χ0) is 16.2. The molecule has 1 aromatic rings. The Morgan fingerprint density at radius 2 is 1.64 bits per heavy atom. The molecule has 0 aliphatic heterocycles. The zero-order valence-corrected chi connectivity index (χ0v) is 15.3. The predicted molar refractivity (Wildman–Crippen MR) is 98.6 cm³/mol. The Labute approximate surface area is 141 Å². The number of benzene rings is 1. The normalized spacial score (nSPS) is 14.0. The molecule has 0 saturated carbocycles. The van der Waals surface area contributed by atoms with Gasteiger partial charge >= 0.3 is 0 Å². The average Bonchev–Trinajstić information content (AvgIpc) is 2.54. The molecule has 2 N–H and O–H groups in total. The van der Waals surface area contributed by atoms with Crippen LogP contribution in [0.15, 0.2) is 29.2 Å². The summed E-state index contributed by atoms with van der Waals surface area (Å²) in [5, 5.41) is 13.9. The van der Waals surface area contributed by atoms with E-state index in [0.29, 0.717) is 0 Å². The van der Waals surface area contributed by atoms with Gasteiger partial charge in [-0.05, 0) is 43.3 Å². The summed E-state index contributed by atoms with van der Waals surface area (Å²) in [5.41, 5.74) is 1.00. The minimum Gasteiger partial charge on any atom is -0.387 e. The van der Waals surface area contributed by atoms with Gasteiger partial charge in [-0.25, -0.2) is 0 Å². The van der Waals surface area contributed by atoms with Gasteiger partial charge in [-0.15, -0.1) is 11.8 Å². The van der Waals surface area contributed by atoms with Crippen molar-refractivity contribution in [1.29, 1.82) is 0 Å². The first kappa shape index (κ1) is 19.5. The van der Waals surface area contributed by atoms with Crippen molar-refractivity contribution in [3.63, 3.8) is 0 Å². The third-order valence-corrected chi connectivity index (χ3v) is 4.90. The zero-order valence-electron chi connectivity index (χ0n) is 14.5. The largest absolute Gasteiger partial charge is 0.387 e. The fourth-order valence-electron chi connectivity index (χ4n) is 2.56. The molecule has 2 atom stereocenters. The van der Waals surface area contributed by atoms with Gasteiger partial charge in [-0.2, -0.15) is 0 Å². The van der Waals surface area contributed by atoms with E-state index >= 15 is 0 Å². The van der Waals surface area contributed by atoms with Gasteiger partial charge in [0.05, 0.1) is 6.10 Å². The maximum Gasteiger partial charge on any atom is 0.0940 e. The third-order valence-electron chi connectivity index (χ3n) is 4.00. The molecule has 0 aliphatic carbocycles. The Kier molecular flexibility index (Phi) is 10.6. The molecular weight excluding hydrogens is 290 g/mol. The Morgan fingerprint density at radius 3 is 2.27 bits per heavy atom. The molecular formula is C19H33NOS. The molecule has 126 valence electrons. The Bertz CT molecular complexity index is 380. The van der Waals surface area contributed by atoms with Gasteiger partial charge in [0.25, 0.3) is 0 Å². The van der Waals surface area contributed by atoms with Crippen molar-refractivity contribution in [2.24, 2.45) is 0 Å². The van der Waals surface area contributed by atoms with Gasteiger partial charge in [0.1, 0.15) is 0 Å². The maximum atomic E-state index is 10.4. The highest BCUT2D eigenvalue weighted by atomic mass is 32.2. The highest BCUT2D eigenvalue weighted by Crippen LogP contribution is 2.22. The maximum absolute atomic E-state index is 10.4. The first-order valence-corrected chi connectivity index (χ1v) is 9.81. The van der Waals surface area contributed by atoms with Gasteiger partial charge in [-0.1, -0.05) is 58.1 Å². The predicted octanol–water partition coefficient (Wildman–Crippen LogP) is 5.17. The van der Waals surface area contributed by atoms with Crippen LogP contribution in [0.2, 0.25) is 0 Å². The van der Waals surface area contributed by atoms with E-state index in [1.807, 2.05) is 23.9 Å². The van der Waals surface area contributed by atoms with Crippen LogP contribution in [0.1, 0.15) is 71.0 Å². The van der Waals surface area contributed by atoms with E-state index in [0.717, 1.165) is 17.9 Å². The lowest BCUT2D eigenvalue weighted by atomic mass is 10.0. The molecule has 0 radical (unpaired) electrons. The molecule has 0 bridgehead atoms. The molecule has 0 amide bonds. The van der Waals surface area contributed by atoms with Crippen molar-refractivity contribution in [2.75, 3.05) is 12.3 Å². The molecule has 0 heterocycles. The fourth-order valence-corrected chi connectivity index (χ4v) is 3.23. The molecule has 0 spiro atoms. The van der Waals surface area contributed by atoms with Crippen molar-refractivity contribution >= 4 is 11.8 Å². The van der Waals surface area contributed by atoms with Gasteiger partial charge in [0.2, 0.25) is 0 Å². The van der Waals surface area contributed by atoms with Crippen molar-refractivity contribution in [2.45, 2.75) is 76.3 Å². The summed E-state index contributed by atoms with van der Waals surface area (Å²) < 4.78 is 0. The number of unbranched alkanes of at least 4 members (excludes halogenated alkanes) is 5. The van der Waals surface area contributed by atoms with Crippen molar-refractivity contribution in [1.82, 2.24) is 5.32 Å². The molecule has 0 saturated heterocycles. The Hall–Kier alpha value is -0.510. The van der Waals surface area contributed by atoms with Gasteiger partial charge in [0.15, 0.2) is 0 Å². The van der Waals surface area contributed by atoms with Crippen LogP contribution in [0.25, 0.3) is 0 Å². The van der Waals surface area contributed by atoms with E-state index in [1.54, 1.807) is 0 Å². The van der Waals surface area contributed by atoms with Crippen LogP contribution in [-0.2, 0) is 0 Å². The molecule has 0 aromatic heterocycles. The van der Waals surface area contributed by atoms with Crippen LogP contribution in [0.5, 0.6) is 0 Å². The van der Waals surface area contributed by atoms with E-state index in [1.165, 1.54) is 43.4 Å². The molecule has 0 fully saturated rings. The van der Waals surface area contributed by atoms with Gasteiger partial charge < -0.3 is 10.4 Å². The fraction of sp³-hybridized carbons (Fsp3) is 0.684. The summed E-state index contributed by atoms with van der Waals surface area (Å²) in [4.78, 5) is 1.27. The molecule has 2 unspecified atom stereocenters. The second-order valence-electron chi connectivity index (χ2n) is 5.96. The van der Waals surface area contributed by atoms with E-state index in [9.17, 15) is 5.11 Å². The number of thioether (sulfide) groups is 1. The van der Waals surface area contributed by atoms with Crippen LogP contribution in [0, 0.1) is 0 Å². The number of hydrogen-bond acceptors (Lipinski definition) is 3. The van der Waals surface area contributed by atoms with Crippen molar-refractivity contribution < 1.29 is 5.11 Å². The average molecular weight is 324 g/mol. The van der Waals surface area contributed by atoms with Crippen molar-refractivity contribution in [3.8, 4) is 0 Å². The highest BCUT2D eigenvalue weighted by molar-refractivity contribution is 7.99. The van der Waals surface area contributed by atoms with E-state index in [4.69, 9.17) is 0 Å². The van der Waals surface area contributed by atoms with E-state index < -0.39 is 6.10 Å². The third kappa shape index (κ3) is 7.66. The Morgan fingerprint density at radius 1 is 1.00 bits per heavy atom. The van der Waals surface area contributed by atoms with Gasteiger partial charge in [-0.3, -0.25) is 0 Å². The van der Waals surface area contributed by atoms with Crippen molar-refractivity contribution in [3.05, 3.63) is 29.8 Å². The van der Waals surface area contributed by atoms with Crippen LogP contribution in [0.3, 0.4) is 0 Å². The first-order valence-electron chi connectivity index (χ1n) is 8.83. The topological polar surface area (TPSA) is 32.3 Å². The standard InChI is InChI=1S/C19H33NOS/c1-4-6-7-8-9-10-15-20-16(3)19(21)17-11-13-18(14-12-17)22-5-2/h11-14,16,19-21H,4-10,15H2,1-3H3. The van der Waals surface area contributed by atoms with E-state index in [2.05, 4.69) is 38.2 Å². The monoisotopic (exact) mass is 323 g/mol. The minimum atomic E-state index is -0.430. The summed E-state index contributed by atoms with van der Waals surface area (Å²) >= 11 is 1.83. The molecule has 1 rings (SSSR count). The molecule has 3 heteroatoms. The van der Waals surface area contributed by atoms with E-state index in [-0.39, 0.29) is 6.04 Å². The summed E-state index contributed by atoms with van der Waals surface area (Å²) in [6.45, 7) is 7.46. The Balaban J connectivity index is 2.24. The van der Waals surface area contributed by atoms with Crippen LogP contribution in [0.4, 0.5) is 0 Å². The minimum absolute atomic E-state index is 0.0975. The number of rotatable bonds is 12. The molecule has 2 nitrogen and oxygen atoms in total. The second kappa shape index (κ2) is 12.0. The number of nitrogens with one attached hydrogen (secondary N) is 1. The number of aliphatic hydroxyl groups excluding tert-OH is 1. The quantitative estimate of drug-likeness (QED) is 0.411. The number of hydrogen-bond donors (Lipinski definition) is 2. The summed E-state index contributed by atoms with van der Waals surface area (Å²) in [6.07, 6.45) is 7.41. The lowest BCUT2D eigenvalue weighted by molar-refractivity contribution is 0.136. The summed E-state index contributed by atoms with van der Waals surface area (Å²) in [6, 6.07) is 8.40. The summed E-state index contributed by atoms with van der Waals surface area (Å²) in [7, 11) is 0. The second-order valence-corrected chi connectivity index (χ2v) is 7.29. The molecule has 22 heavy (non-hydrogen) atoms. The van der Waals surface area contributed by atoms with Crippen LogP contribution >= 0.6 is 11.8 Å². The summed E-state index contributed by atoms with van der Waals surface area (Å²) in [5.74, 6) is 1.08. The molecule has 0 aliphatic rings. The van der Waals surface area contributed by atoms with Gasteiger partial charge in [0, 0.05) is 10.9 Å². The number of aliphatic hydroxyl groups is 1. The van der Waals surface area contributed by atoms with Crippen LogP contribution in [-0.4, -0.2) is 23.4 Å². The lowest BCUT2D eigenvalue weighted by Crippen LogP contribution is -2.32. The lowest BCUT2D eigenvalue weighted by Gasteiger charge is -2.21. The SMILES string of the molecule is CCCCCCCCNC(C)C(O)c1ccc(SCC)cc1. The first-order chi connectivity index (χ1) is 10.7. The highest BCUT2D eigenvalue weighted by Gasteiger charge is 2.15.